The maximum Gasteiger partial charge on any atom is 0.260 e. The van der Waals surface area contributed by atoms with Crippen molar-refractivity contribution in [1.82, 2.24) is 10.2 Å². The molecule has 0 saturated carbocycles. The van der Waals surface area contributed by atoms with Gasteiger partial charge in [-0.15, -0.1) is 11.6 Å². The second kappa shape index (κ2) is 9.66. The van der Waals surface area contributed by atoms with E-state index in [0.717, 1.165) is 25.7 Å². The molecular weight excluding hydrogens is 340 g/mol. The highest BCUT2D eigenvalue weighted by Gasteiger charge is 2.24. The SMILES string of the molecule is CCCc1ccc(OCC(=O)N2CCC(NC(=O)C(C)Cl)CC2)cc1. The van der Waals surface area contributed by atoms with Crippen molar-refractivity contribution in [3.8, 4) is 5.75 Å². The first kappa shape index (κ1) is 19.6. The Morgan fingerprint density at radius 1 is 1.28 bits per heavy atom. The van der Waals surface area contributed by atoms with E-state index in [-0.39, 0.29) is 24.5 Å². The molecule has 2 rings (SSSR count). The van der Waals surface area contributed by atoms with Gasteiger partial charge in [-0.3, -0.25) is 9.59 Å². The topological polar surface area (TPSA) is 58.6 Å². The molecular formula is C19H27ClN2O3. The highest BCUT2D eigenvalue weighted by Crippen LogP contribution is 2.15. The summed E-state index contributed by atoms with van der Waals surface area (Å²) in [4.78, 5) is 25.7. The van der Waals surface area contributed by atoms with Gasteiger partial charge in [0, 0.05) is 19.1 Å². The van der Waals surface area contributed by atoms with Gasteiger partial charge in [-0.25, -0.2) is 0 Å². The number of carbonyl (C=O) groups is 2. The number of nitrogens with zero attached hydrogens (tertiary/aromatic N) is 1. The van der Waals surface area contributed by atoms with Gasteiger partial charge in [0.15, 0.2) is 6.61 Å². The van der Waals surface area contributed by atoms with Crippen molar-refractivity contribution in [2.45, 2.75) is 50.9 Å². The molecule has 1 saturated heterocycles. The first-order valence-corrected chi connectivity index (χ1v) is 9.37. The van der Waals surface area contributed by atoms with Gasteiger partial charge in [-0.05, 0) is 43.9 Å². The molecule has 1 heterocycles. The number of hydrogen-bond donors (Lipinski definition) is 1. The van der Waals surface area contributed by atoms with Crippen LogP contribution in [0.25, 0.3) is 0 Å². The monoisotopic (exact) mass is 366 g/mol. The fourth-order valence-corrected chi connectivity index (χ4v) is 2.93. The normalized spacial score (nSPS) is 16.4. The Morgan fingerprint density at radius 3 is 2.48 bits per heavy atom. The minimum Gasteiger partial charge on any atom is -0.484 e. The lowest BCUT2D eigenvalue weighted by Crippen LogP contribution is -2.48. The van der Waals surface area contributed by atoms with E-state index in [1.807, 2.05) is 24.3 Å². The van der Waals surface area contributed by atoms with Gasteiger partial charge in [-0.2, -0.15) is 0 Å². The third-order valence-corrected chi connectivity index (χ3v) is 4.58. The second-order valence-corrected chi connectivity index (χ2v) is 7.12. The third-order valence-electron chi connectivity index (χ3n) is 4.38. The Balaban J connectivity index is 1.72. The molecule has 1 aromatic carbocycles. The number of nitrogens with one attached hydrogen (secondary N) is 1. The van der Waals surface area contributed by atoms with Crippen LogP contribution in [0.4, 0.5) is 0 Å². The van der Waals surface area contributed by atoms with Crippen LogP contribution in [0.1, 0.15) is 38.7 Å². The van der Waals surface area contributed by atoms with Crippen LogP contribution in [-0.2, 0) is 16.0 Å². The van der Waals surface area contributed by atoms with Crippen LogP contribution in [0.3, 0.4) is 0 Å². The van der Waals surface area contributed by atoms with Crippen molar-refractivity contribution < 1.29 is 14.3 Å². The van der Waals surface area contributed by atoms with Crippen LogP contribution < -0.4 is 10.1 Å². The predicted molar refractivity (Wildman–Crippen MR) is 99.0 cm³/mol. The van der Waals surface area contributed by atoms with Crippen LogP contribution in [0.15, 0.2) is 24.3 Å². The molecule has 138 valence electrons. The number of halogens is 1. The summed E-state index contributed by atoms with van der Waals surface area (Å²) < 4.78 is 5.60. The largest absolute Gasteiger partial charge is 0.484 e. The van der Waals surface area contributed by atoms with Gasteiger partial charge >= 0.3 is 0 Å². The van der Waals surface area contributed by atoms with Crippen LogP contribution in [0, 0.1) is 0 Å². The molecule has 1 aliphatic heterocycles. The molecule has 1 atom stereocenters. The Morgan fingerprint density at radius 2 is 1.92 bits per heavy atom. The molecule has 1 aliphatic rings. The van der Waals surface area contributed by atoms with E-state index >= 15 is 0 Å². The molecule has 0 spiro atoms. The van der Waals surface area contributed by atoms with Crippen molar-refractivity contribution in [1.29, 1.82) is 0 Å². The average molecular weight is 367 g/mol. The number of piperidine rings is 1. The van der Waals surface area contributed by atoms with E-state index in [9.17, 15) is 9.59 Å². The van der Waals surface area contributed by atoms with Crippen LogP contribution in [-0.4, -0.2) is 47.8 Å². The fraction of sp³-hybridized carbons (Fsp3) is 0.579. The molecule has 1 aromatic rings. The quantitative estimate of drug-likeness (QED) is 0.755. The Hall–Kier alpha value is -1.75. The van der Waals surface area contributed by atoms with Gasteiger partial charge in [0.1, 0.15) is 11.1 Å². The lowest BCUT2D eigenvalue weighted by atomic mass is 10.0. The molecule has 1 N–H and O–H groups in total. The summed E-state index contributed by atoms with van der Waals surface area (Å²) in [5.41, 5.74) is 1.27. The Bertz CT molecular complexity index is 567. The molecule has 5 nitrogen and oxygen atoms in total. The van der Waals surface area contributed by atoms with Crippen LogP contribution >= 0.6 is 11.6 Å². The zero-order valence-corrected chi connectivity index (χ0v) is 15.7. The first-order chi connectivity index (χ1) is 12.0. The summed E-state index contributed by atoms with van der Waals surface area (Å²) in [5, 5.41) is 2.38. The Labute approximate surface area is 154 Å². The minimum atomic E-state index is -0.531. The number of benzene rings is 1. The number of rotatable bonds is 7. The number of hydrogen-bond acceptors (Lipinski definition) is 3. The predicted octanol–water partition coefficient (Wildman–Crippen LogP) is 2.75. The smallest absolute Gasteiger partial charge is 0.260 e. The molecule has 0 radical (unpaired) electrons. The van der Waals surface area contributed by atoms with Crippen molar-refractivity contribution in [3.05, 3.63) is 29.8 Å². The number of ether oxygens (including phenoxy) is 1. The van der Waals surface area contributed by atoms with Crippen molar-refractivity contribution >= 4 is 23.4 Å². The van der Waals surface area contributed by atoms with Crippen molar-refractivity contribution in [3.63, 3.8) is 0 Å². The number of amides is 2. The lowest BCUT2D eigenvalue weighted by Gasteiger charge is -2.32. The second-order valence-electron chi connectivity index (χ2n) is 6.46. The highest BCUT2D eigenvalue weighted by molar-refractivity contribution is 6.30. The first-order valence-electron chi connectivity index (χ1n) is 8.93. The van der Waals surface area contributed by atoms with E-state index in [1.54, 1.807) is 11.8 Å². The van der Waals surface area contributed by atoms with Gasteiger partial charge in [-0.1, -0.05) is 25.5 Å². The summed E-state index contributed by atoms with van der Waals surface area (Å²) in [6.07, 6.45) is 3.64. The molecule has 1 unspecified atom stereocenters. The summed E-state index contributed by atoms with van der Waals surface area (Å²) in [6, 6.07) is 7.98. The zero-order chi connectivity index (χ0) is 18.2. The van der Waals surface area contributed by atoms with Gasteiger partial charge in [0.2, 0.25) is 5.91 Å². The molecule has 0 aromatic heterocycles. The van der Waals surface area contributed by atoms with Gasteiger partial charge in [0.05, 0.1) is 0 Å². The summed E-state index contributed by atoms with van der Waals surface area (Å²) >= 11 is 5.76. The molecule has 0 aliphatic carbocycles. The maximum atomic E-state index is 12.3. The summed E-state index contributed by atoms with van der Waals surface area (Å²) in [7, 11) is 0. The number of aryl methyl sites for hydroxylation is 1. The average Bonchev–Trinajstić information content (AvgIpc) is 2.61. The lowest BCUT2D eigenvalue weighted by molar-refractivity contribution is -0.134. The van der Waals surface area contributed by atoms with Crippen LogP contribution in [0.5, 0.6) is 5.75 Å². The number of likely N-dealkylation sites (tertiary alicyclic amines) is 1. The van der Waals surface area contributed by atoms with E-state index < -0.39 is 5.38 Å². The number of alkyl halides is 1. The van der Waals surface area contributed by atoms with Gasteiger partial charge < -0.3 is 15.0 Å². The third kappa shape index (κ3) is 6.24. The van der Waals surface area contributed by atoms with Crippen LogP contribution in [0.2, 0.25) is 0 Å². The zero-order valence-electron chi connectivity index (χ0n) is 15.0. The summed E-state index contributed by atoms with van der Waals surface area (Å²) in [5.74, 6) is 0.542. The van der Waals surface area contributed by atoms with E-state index in [2.05, 4.69) is 12.2 Å². The number of carbonyl (C=O) groups excluding carboxylic acids is 2. The Kier molecular flexibility index (Phi) is 7.56. The fourth-order valence-electron chi connectivity index (χ4n) is 2.87. The molecule has 0 bridgehead atoms. The molecule has 2 amide bonds. The molecule has 25 heavy (non-hydrogen) atoms. The van der Waals surface area contributed by atoms with E-state index in [0.29, 0.717) is 18.8 Å². The highest BCUT2D eigenvalue weighted by atomic mass is 35.5. The molecule has 6 heteroatoms. The van der Waals surface area contributed by atoms with Crippen molar-refractivity contribution in [2.75, 3.05) is 19.7 Å². The van der Waals surface area contributed by atoms with Crippen molar-refractivity contribution in [2.24, 2.45) is 0 Å². The van der Waals surface area contributed by atoms with Gasteiger partial charge in [0.25, 0.3) is 5.91 Å². The molecule has 1 fully saturated rings. The summed E-state index contributed by atoms with van der Waals surface area (Å²) in [6.45, 7) is 5.09. The standard InChI is InChI=1S/C19H27ClN2O3/c1-3-4-15-5-7-17(8-6-15)25-13-18(23)22-11-9-16(10-12-22)21-19(24)14(2)20/h5-8,14,16H,3-4,9-13H2,1-2H3,(H,21,24). The van der Waals surface area contributed by atoms with E-state index in [4.69, 9.17) is 16.3 Å². The minimum absolute atomic E-state index is 0.0203. The van der Waals surface area contributed by atoms with E-state index in [1.165, 1.54) is 5.56 Å². The maximum absolute atomic E-state index is 12.3.